The third-order valence-corrected chi connectivity index (χ3v) is 4.25. The highest BCUT2D eigenvalue weighted by molar-refractivity contribution is 7.89. The Hall–Kier alpha value is -1.11. The smallest absolute Gasteiger partial charge is 0.265 e. The number of hydrogen-bond donors (Lipinski definition) is 0. The Bertz CT molecular complexity index is 480. The summed E-state index contributed by atoms with van der Waals surface area (Å²) in [6, 6.07) is 6.38. The average Bonchev–Trinajstić information content (AvgIpc) is 2.40. The predicted molar refractivity (Wildman–Crippen MR) is 62.1 cm³/mol. The molecule has 1 aromatic rings. The van der Waals surface area contributed by atoms with Gasteiger partial charge in [-0.2, -0.15) is 0 Å². The van der Waals surface area contributed by atoms with Crippen molar-refractivity contribution in [2.45, 2.75) is 17.7 Å². The summed E-state index contributed by atoms with van der Waals surface area (Å²) in [6.07, 6.45) is 1.72. The summed E-state index contributed by atoms with van der Waals surface area (Å²) in [6.45, 7) is 0.850. The molecule has 1 saturated heterocycles. The minimum atomic E-state index is -3.56. The van der Waals surface area contributed by atoms with E-state index in [1.807, 2.05) is 0 Å². The Morgan fingerprint density at radius 1 is 1.35 bits per heavy atom. The maximum Gasteiger partial charge on any atom is 0.265 e. The molecule has 0 amide bonds. The molecule has 1 aliphatic heterocycles. The average molecular weight is 257 g/mol. The van der Waals surface area contributed by atoms with Gasteiger partial charge in [0, 0.05) is 12.6 Å². The number of hydroxylamine groups is 1. The molecule has 0 atom stereocenters. The molecule has 1 heterocycles. The molecule has 0 saturated carbocycles. The molecular formula is C11H15NO4S. The Morgan fingerprint density at radius 2 is 2.18 bits per heavy atom. The zero-order valence-corrected chi connectivity index (χ0v) is 10.4. The van der Waals surface area contributed by atoms with E-state index in [1.165, 1.54) is 19.2 Å². The highest BCUT2D eigenvalue weighted by atomic mass is 32.2. The molecule has 0 aromatic heterocycles. The Kier molecular flexibility index (Phi) is 3.66. The quantitative estimate of drug-likeness (QED) is 0.821. The molecule has 0 unspecified atom stereocenters. The monoisotopic (exact) mass is 257 g/mol. The number of ether oxygens (including phenoxy) is 1. The molecule has 1 aliphatic rings. The molecule has 1 fully saturated rings. The van der Waals surface area contributed by atoms with Crippen LogP contribution in [0, 0.1) is 0 Å². The van der Waals surface area contributed by atoms with Gasteiger partial charge in [-0.25, -0.2) is 8.42 Å². The molecule has 1 aromatic carbocycles. The first kappa shape index (κ1) is 12.3. The summed E-state index contributed by atoms with van der Waals surface area (Å²) in [7, 11) is -2.06. The summed E-state index contributed by atoms with van der Waals surface area (Å²) < 4.78 is 30.5. The van der Waals surface area contributed by atoms with Gasteiger partial charge in [-0.05, 0) is 25.0 Å². The fourth-order valence-corrected chi connectivity index (χ4v) is 2.98. The summed E-state index contributed by atoms with van der Waals surface area (Å²) in [5, 5.41) is 0. The standard InChI is InChI=1S/C11H15NO4S/c1-15-10-5-4-6-11(9-10)17(13,14)12-7-2-3-8-16-12/h4-6,9H,2-3,7-8H2,1H3. The predicted octanol–water partition coefficient (Wildman–Crippen LogP) is 1.41. The van der Waals surface area contributed by atoms with Crippen LogP contribution in [-0.2, 0) is 14.9 Å². The first-order valence-corrected chi connectivity index (χ1v) is 6.88. The van der Waals surface area contributed by atoms with Gasteiger partial charge in [-0.15, -0.1) is 0 Å². The Labute approximate surface area is 101 Å². The van der Waals surface area contributed by atoms with Crippen molar-refractivity contribution in [1.82, 2.24) is 4.47 Å². The van der Waals surface area contributed by atoms with Crippen LogP contribution in [0.1, 0.15) is 12.8 Å². The van der Waals surface area contributed by atoms with Crippen LogP contribution in [0.3, 0.4) is 0 Å². The first-order chi connectivity index (χ1) is 8.14. The first-order valence-electron chi connectivity index (χ1n) is 5.44. The zero-order valence-electron chi connectivity index (χ0n) is 9.63. The van der Waals surface area contributed by atoms with Gasteiger partial charge >= 0.3 is 0 Å². The van der Waals surface area contributed by atoms with Crippen molar-refractivity contribution in [3.63, 3.8) is 0 Å². The molecular weight excluding hydrogens is 242 g/mol. The van der Waals surface area contributed by atoms with Crippen molar-refractivity contribution in [1.29, 1.82) is 0 Å². The maximum atomic E-state index is 12.2. The van der Waals surface area contributed by atoms with Crippen molar-refractivity contribution in [2.75, 3.05) is 20.3 Å². The Morgan fingerprint density at radius 3 is 2.82 bits per heavy atom. The topological polar surface area (TPSA) is 55.8 Å². The molecule has 2 rings (SSSR count). The molecule has 5 nitrogen and oxygen atoms in total. The van der Waals surface area contributed by atoms with E-state index in [0.29, 0.717) is 18.9 Å². The van der Waals surface area contributed by atoms with E-state index in [9.17, 15) is 8.42 Å². The third-order valence-electron chi connectivity index (χ3n) is 2.58. The van der Waals surface area contributed by atoms with Crippen LogP contribution >= 0.6 is 0 Å². The van der Waals surface area contributed by atoms with Crippen molar-refractivity contribution in [3.8, 4) is 5.75 Å². The van der Waals surface area contributed by atoms with Crippen LogP contribution in [0.15, 0.2) is 29.2 Å². The normalized spacial score (nSPS) is 17.9. The van der Waals surface area contributed by atoms with Gasteiger partial charge in [0.05, 0.1) is 18.6 Å². The SMILES string of the molecule is COc1cccc(S(=O)(=O)N2CCCCO2)c1. The maximum absolute atomic E-state index is 12.2. The largest absolute Gasteiger partial charge is 0.497 e. The van der Waals surface area contributed by atoms with Crippen molar-refractivity contribution in [2.24, 2.45) is 0 Å². The lowest BCUT2D eigenvalue weighted by atomic mass is 10.3. The van der Waals surface area contributed by atoms with Gasteiger partial charge in [0.2, 0.25) is 0 Å². The van der Waals surface area contributed by atoms with E-state index in [2.05, 4.69) is 0 Å². The second kappa shape index (κ2) is 5.03. The molecule has 0 bridgehead atoms. The summed E-state index contributed by atoms with van der Waals surface area (Å²) >= 11 is 0. The van der Waals surface area contributed by atoms with Gasteiger partial charge < -0.3 is 4.74 Å². The van der Waals surface area contributed by atoms with Crippen LogP contribution < -0.4 is 4.74 Å². The number of benzene rings is 1. The van der Waals surface area contributed by atoms with E-state index in [-0.39, 0.29) is 4.90 Å². The minimum absolute atomic E-state index is 0.193. The van der Waals surface area contributed by atoms with E-state index < -0.39 is 10.0 Å². The van der Waals surface area contributed by atoms with Crippen LogP contribution in [0.4, 0.5) is 0 Å². The lowest BCUT2D eigenvalue weighted by molar-refractivity contribution is -0.108. The van der Waals surface area contributed by atoms with Gasteiger partial charge in [0.1, 0.15) is 5.75 Å². The van der Waals surface area contributed by atoms with Crippen molar-refractivity contribution < 1.29 is 18.0 Å². The van der Waals surface area contributed by atoms with E-state index in [1.54, 1.807) is 12.1 Å². The van der Waals surface area contributed by atoms with E-state index >= 15 is 0 Å². The fraction of sp³-hybridized carbons (Fsp3) is 0.455. The lowest BCUT2D eigenvalue weighted by Crippen LogP contribution is -2.35. The van der Waals surface area contributed by atoms with Gasteiger partial charge in [0.25, 0.3) is 10.0 Å². The van der Waals surface area contributed by atoms with Crippen LogP contribution in [0.2, 0.25) is 0 Å². The molecule has 0 radical (unpaired) electrons. The second-order valence-electron chi connectivity index (χ2n) is 3.75. The summed E-state index contributed by atoms with van der Waals surface area (Å²) in [5.41, 5.74) is 0. The number of rotatable bonds is 3. The molecule has 17 heavy (non-hydrogen) atoms. The second-order valence-corrected chi connectivity index (χ2v) is 5.58. The number of nitrogens with zero attached hydrogens (tertiary/aromatic N) is 1. The van der Waals surface area contributed by atoms with Crippen LogP contribution in [0.25, 0.3) is 0 Å². The highest BCUT2D eigenvalue weighted by Gasteiger charge is 2.27. The van der Waals surface area contributed by atoms with E-state index in [4.69, 9.17) is 9.57 Å². The third kappa shape index (κ3) is 2.59. The Balaban J connectivity index is 2.29. The summed E-state index contributed by atoms with van der Waals surface area (Å²) in [4.78, 5) is 5.37. The van der Waals surface area contributed by atoms with Crippen molar-refractivity contribution >= 4 is 10.0 Å². The van der Waals surface area contributed by atoms with Crippen LogP contribution in [-0.4, -0.2) is 33.1 Å². The number of hydrogen-bond acceptors (Lipinski definition) is 4. The molecule has 0 N–H and O–H groups in total. The molecule has 6 heteroatoms. The number of methoxy groups -OCH3 is 1. The zero-order chi connectivity index (χ0) is 12.3. The fourth-order valence-electron chi connectivity index (χ4n) is 1.64. The van der Waals surface area contributed by atoms with E-state index in [0.717, 1.165) is 17.3 Å². The molecule has 94 valence electrons. The lowest BCUT2D eigenvalue weighted by Gasteiger charge is -2.25. The van der Waals surface area contributed by atoms with Gasteiger partial charge in [0.15, 0.2) is 0 Å². The summed E-state index contributed by atoms with van der Waals surface area (Å²) in [5.74, 6) is 0.517. The molecule has 0 aliphatic carbocycles. The van der Waals surface area contributed by atoms with Crippen LogP contribution in [0.5, 0.6) is 5.75 Å². The minimum Gasteiger partial charge on any atom is -0.497 e. The van der Waals surface area contributed by atoms with Crippen molar-refractivity contribution in [3.05, 3.63) is 24.3 Å². The molecule has 0 spiro atoms. The van der Waals surface area contributed by atoms with Gasteiger partial charge in [-0.1, -0.05) is 10.5 Å². The highest BCUT2D eigenvalue weighted by Crippen LogP contribution is 2.22. The van der Waals surface area contributed by atoms with Gasteiger partial charge in [-0.3, -0.25) is 4.84 Å². The number of sulfonamides is 1.